The van der Waals surface area contributed by atoms with Crippen LogP contribution in [-0.4, -0.2) is 42.0 Å². The van der Waals surface area contributed by atoms with Crippen molar-refractivity contribution in [2.24, 2.45) is 0 Å². The van der Waals surface area contributed by atoms with Gasteiger partial charge >= 0.3 is 11.9 Å². The maximum Gasteiger partial charge on any atom is 0.330 e. The van der Waals surface area contributed by atoms with E-state index in [2.05, 4.69) is 36.7 Å². The molecule has 0 fully saturated rings. The number of nitrogens with one attached hydrogen (secondary N) is 2. The molecule has 47 heavy (non-hydrogen) atoms. The van der Waals surface area contributed by atoms with Crippen molar-refractivity contribution in [2.45, 2.75) is 23.6 Å². The first-order valence-electron chi connectivity index (χ1n) is 14.1. The van der Waals surface area contributed by atoms with Crippen LogP contribution in [0.5, 0.6) is 0 Å². The summed E-state index contributed by atoms with van der Waals surface area (Å²) in [5, 5.41) is 0. The molecular weight excluding hydrogens is 708 g/mol. The van der Waals surface area contributed by atoms with Gasteiger partial charge in [0, 0.05) is 28.0 Å². The van der Waals surface area contributed by atoms with Crippen LogP contribution >= 0.6 is 15.9 Å². The largest absolute Gasteiger partial charge is 0.463 e. The maximum absolute atomic E-state index is 12.4. The highest BCUT2D eigenvalue weighted by molar-refractivity contribution is 9.10. The average Bonchev–Trinajstić information content (AvgIpc) is 3.05. The van der Waals surface area contributed by atoms with Gasteiger partial charge < -0.3 is 9.47 Å². The molecule has 0 aromatic heterocycles. The molecule has 4 aromatic rings. The van der Waals surface area contributed by atoms with E-state index in [0.717, 1.165) is 10.5 Å². The second kappa shape index (κ2) is 19.7. The van der Waals surface area contributed by atoms with Crippen molar-refractivity contribution in [3.05, 3.63) is 138 Å². The molecule has 0 aliphatic rings. The number of carbonyl (C=O) groups is 2. The SMILES string of the molecule is C=CC(=O)OCC.CCOC(=O)/C=C/c1cccc(S(=O)(=O)Nc2ccccc2)c1.O=S(=O)(Nc1ccccc1)c1cccc(Br)c1. The first kappa shape index (κ1) is 38.5. The molecule has 2 N–H and O–H groups in total. The van der Waals surface area contributed by atoms with E-state index in [1.807, 2.05) is 6.07 Å². The zero-order chi connectivity index (χ0) is 34.7. The Morgan fingerprint density at radius 3 is 1.60 bits per heavy atom. The van der Waals surface area contributed by atoms with Crippen LogP contribution in [0.25, 0.3) is 6.08 Å². The van der Waals surface area contributed by atoms with Crippen molar-refractivity contribution >= 4 is 65.4 Å². The molecular formula is C34H35BrN2O8S2. The average molecular weight is 744 g/mol. The molecule has 0 spiro atoms. The molecule has 0 atom stereocenters. The minimum Gasteiger partial charge on any atom is -0.463 e. The van der Waals surface area contributed by atoms with E-state index in [1.54, 1.807) is 105 Å². The van der Waals surface area contributed by atoms with E-state index in [9.17, 15) is 26.4 Å². The fraction of sp³-hybridized carbons (Fsp3) is 0.118. The van der Waals surface area contributed by atoms with Gasteiger partial charge in [-0.25, -0.2) is 26.4 Å². The van der Waals surface area contributed by atoms with E-state index in [-0.39, 0.29) is 15.8 Å². The number of anilines is 2. The van der Waals surface area contributed by atoms with Gasteiger partial charge in [0.1, 0.15) is 0 Å². The summed E-state index contributed by atoms with van der Waals surface area (Å²) in [6.07, 6.45) is 3.92. The molecule has 0 unspecified atom stereocenters. The number of benzene rings is 4. The van der Waals surface area contributed by atoms with Gasteiger partial charge in [-0.1, -0.05) is 77.1 Å². The molecule has 0 amide bonds. The van der Waals surface area contributed by atoms with E-state index >= 15 is 0 Å². The lowest BCUT2D eigenvalue weighted by Gasteiger charge is -2.08. The molecule has 0 aliphatic carbocycles. The first-order valence-corrected chi connectivity index (χ1v) is 17.8. The lowest BCUT2D eigenvalue weighted by molar-refractivity contribution is -0.138. The molecule has 4 rings (SSSR count). The molecule has 0 bridgehead atoms. The Morgan fingerprint density at radius 2 is 1.15 bits per heavy atom. The summed E-state index contributed by atoms with van der Waals surface area (Å²) in [7, 11) is -7.20. The summed E-state index contributed by atoms with van der Waals surface area (Å²) in [5.41, 5.74) is 1.63. The number of hydrogen-bond donors (Lipinski definition) is 2. The van der Waals surface area contributed by atoms with Gasteiger partial charge in [0.2, 0.25) is 0 Å². The summed E-state index contributed by atoms with van der Waals surface area (Å²) in [5.74, 6) is -0.828. The van der Waals surface area contributed by atoms with Crippen molar-refractivity contribution in [1.29, 1.82) is 0 Å². The van der Waals surface area contributed by atoms with Crippen LogP contribution in [0.15, 0.2) is 142 Å². The fourth-order valence-electron chi connectivity index (χ4n) is 3.42. The number of esters is 2. The van der Waals surface area contributed by atoms with Gasteiger partial charge in [-0.15, -0.1) is 0 Å². The molecule has 0 saturated carbocycles. The Morgan fingerprint density at radius 1 is 0.681 bits per heavy atom. The Labute approximate surface area is 284 Å². The van der Waals surface area contributed by atoms with Gasteiger partial charge in [-0.3, -0.25) is 9.44 Å². The van der Waals surface area contributed by atoms with Gasteiger partial charge in [0.25, 0.3) is 20.0 Å². The van der Waals surface area contributed by atoms with E-state index in [0.29, 0.717) is 30.2 Å². The van der Waals surface area contributed by atoms with Crippen molar-refractivity contribution in [3.8, 4) is 0 Å². The lowest BCUT2D eigenvalue weighted by atomic mass is 10.2. The zero-order valence-corrected chi connectivity index (χ0v) is 28.9. The third-order valence-corrected chi connectivity index (χ3v) is 8.73. The lowest BCUT2D eigenvalue weighted by Crippen LogP contribution is -2.12. The highest BCUT2D eigenvalue weighted by Gasteiger charge is 2.15. The second-order valence-electron chi connectivity index (χ2n) is 9.01. The molecule has 13 heteroatoms. The Hall–Kier alpha value is -4.72. The molecule has 0 aliphatic heterocycles. The fourth-order valence-corrected chi connectivity index (χ4v) is 6.18. The molecule has 0 radical (unpaired) electrons. The third-order valence-electron chi connectivity index (χ3n) is 5.48. The molecule has 0 saturated heterocycles. The van der Waals surface area contributed by atoms with Gasteiger partial charge in [0.15, 0.2) is 0 Å². The van der Waals surface area contributed by atoms with Crippen molar-refractivity contribution in [1.82, 2.24) is 0 Å². The Balaban J connectivity index is 0.000000280. The predicted octanol–water partition coefficient (Wildman–Crippen LogP) is 7.05. The van der Waals surface area contributed by atoms with Gasteiger partial charge in [-0.05, 0) is 80.1 Å². The number of sulfonamides is 2. The van der Waals surface area contributed by atoms with E-state index in [1.165, 1.54) is 24.3 Å². The Bertz CT molecular complexity index is 1850. The predicted molar refractivity (Wildman–Crippen MR) is 188 cm³/mol. The third kappa shape index (κ3) is 14.5. The summed E-state index contributed by atoms with van der Waals surface area (Å²) in [6.45, 7) is 7.38. The topological polar surface area (TPSA) is 145 Å². The van der Waals surface area contributed by atoms with Crippen LogP contribution in [-0.2, 0) is 39.1 Å². The molecule has 10 nitrogen and oxygen atoms in total. The van der Waals surface area contributed by atoms with Crippen LogP contribution in [0, 0.1) is 0 Å². The van der Waals surface area contributed by atoms with Crippen LogP contribution in [0.2, 0.25) is 0 Å². The normalized spacial score (nSPS) is 10.7. The number of halogens is 1. The number of para-hydroxylation sites is 2. The van der Waals surface area contributed by atoms with Crippen molar-refractivity contribution in [3.63, 3.8) is 0 Å². The second-order valence-corrected chi connectivity index (χ2v) is 13.3. The number of carbonyl (C=O) groups excluding carboxylic acids is 2. The van der Waals surface area contributed by atoms with Gasteiger partial charge in [0.05, 0.1) is 23.0 Å². The number of ether oxygens (including phenoxy) is 2. The summed E-state index contributed by atoms with van der Waals surface area (Å²) >= 11 is 3.25. The highest BCUT2D eigenvalue weighted by atomic mass is 79.9. The standard InChI is InChI=1S/C17H17NO4S.C12H10BrNO2S.C5H8O2/c1-2-22-17(19)12-11-14-7-6-10-16(13-14)23(20,21)18-15-8-4-3-5-9-15;13-10-5-4-8-12(9-10)17(15,16)14-11-6-2-1-3-7-11;1-3-5(6)7-4-2/h3-13,18H,2H2,1H3;1-9,14H;3H,1,4H2,2H3/b12-11+;;. The van der Waals surface area contributed by atoms with Crippen LogP contribution in [0.4, 0.5) is 11.4 Å². The maximum atomic E-state index is 12.4. The van der Waals surface area contributed by atoms with E-state index in [4.69, 9.17) is 4.74 Å². The van der Waals surface area contributed by atoms with Crippen molar-refractivity contribution < 1.29 is 35.9 Å². The summed E-state index contributed by atoms with van der Waals surface area (Å²) < 4.78 is 63.7. The van der Waals surface area contributed by atoms with Crippen LogP contribution < -0.4 is 9.44 Å². The minimum absolute atomic E-state index is 0.118. The van der Waals surface area contributed by atoms with Crippen LogP contribution in [0.3, 0.4) is 0 Å². The molecule has 4 aromatic carbocycles. The smallest absolute Gasteiger partial charge is 0.330 e. The summed E-state index contributed by atoms with van der Waals surface area (Å²) in [6, 6.07) is 30.3. The minimum atomic E-state index is -3.68. The van der Waals surface area contributed by atoms with Crippen LogP contribution in [0.1, 0.15) is 19.4 Å². The zero-order valence-electron chi connectivity index (χ0n) is 25.7. The number of hydrogen-bond acceptors (Lipinski definition) is 8. The monoisotopic (exact) mass is 742 g/mol. The number of rotatable bonds is 11. The Kier molecular flexibility index (Phi) is 16.1. The quantitative estimate of drug-likeness (QED) is 0.123. The molecule has 248 valence electrons. The van der Waals surface area contributed by atoms with Crippen molar-refractivity contribution in [2.75, 3.05) is 22.7 Å². The molecule has 0 heterocycles. The van der Waals surface area contributed by atoms with E-state index < -0.39 is 26.0 Å². The highest BCUT2D eigenvalue weighted by Crippen LogP contribution is 2.20. The van der Waals surface area contributed by atoms with Gasteiger partial charge in [-0.2, -0.15) is 0 Å². The summed E-state index contributed by atoms with van der Waals surface area (Å²) in [4.78, 5) is 21.7. The first-order chi connectivity index (χ1) is 22.4.